The third-order valence-electron chi connectivity index (χ3n) is 4.22. The number of thiocarbonyl (C=S) groups is 1. The molecule has 0 saturated carbocycles. The first-order valence-electron chi connectivity index (χ1n) is 8.37. The third-order valence-corrected chi connectivity index (χ3v) is 4.47. The molecule has 1 aliphatic rings. The molecule has 0 unspecified atom stereocenters. The molecule has 2 aromatic rings. The van der Waals surface area contributed by atoms with Crippen molar-refractivity contribution < 1.29 is 13.6 Å². The van der Waals surface area contributed by atoms with E-state index in [2.05, 4.69) is 10.6 Å². The minimum absolute atomic E-state index is 0.140. The number of amides is 1. The van der Waals surface area contributed by atoms with E-state index in [1.54, 1.807) is 0 Å². The summed E-state index contributed by atoms with van der Waals surface area (Å²) in [5.74, 6) is -1.20. The molecule has 1 amide bonds. The van der Waals surface area contributed by atoms with Crippen LogP contribution in [0.2, 0.25) is 0 Å². The van der Waals surface area contributed by atoms with E-state index < -0.39 is 11.6 Å². The van der Waals surface area contributed by atoms with Crippen LogP contribution in [0.5, 0.6) is 0 Å². The zero-order valence-corrected chi connectivity index (χ0v) is 14.9. The predicted octanol–water partition coefficient (Wildman–Crippen LogP) is 3.57. The van der Waals surface area contributed by atoms with Crippen molar-refractivity contribution in [2.45, 2.75) is 25.9 Å². The fraction of sp³-hybridized carbons (Fsp3) is 0.263. The largest absolute Gasteiger partial charge is 0.358 e. The fourth-order valence-corrected chi connectivity index (χ4v) is 2.99. The molecular formula is C19H19F2N3OS. The molecule has 0 aliphatic carbocycles. The lowest BCUT2D eigenvalue weighted by atomic mass is 10.1. The second-order valence-electron chi connectivity index (χ2n) is 6.14. The predicted molar refractivity (Wildman–Crippen MR) is 101 cm³/mol. The lowest BCUT2D eigenvalue weighted by Gasteiger charge is -2.16. The van der Waals surface area contributed by atoms with Crippen LogP contribution in [0.1, 0.15) is 24.0 Å². The van der Waals surface area contributed by atoms with E-state index in [9.17, 15) is 13.6 Å². The summed E-state index contributed by atoms with van der Waals surface area (Å²) in [7, 11) is 0. The Labute approximate surface area is 156 Å². The van der Waals surface area contributed by atoms with Crippen molar-refractivity contribution in [1.82, 2.24) is 10.2 Å². The number of nitrogens with one attached hydrogen (secondary N) is 2. The number of likely N-dealkylation sites (tertiary alicyclic amines) is 1. The second-order valence-corrected chi connectivity index (χ2v) is 6.55. The summed E-state index contributed by atoms with van der Waals surface area (Å²) in [6.45, 7) is 1.86. The number of hydrogen-bond acceptors (Lipinski definition) is 2. The number of rotatable bonds is 5. The summed E-state index contributed by atoms with van der Waals surface area (Å²) < 4.78 is 27.2. The average Bonchev–Trinajstić information content (AvgIpc) is 3.02. The summed E-state index contributed by atoms with van der Waals surface area (Å²) in [5.41, 5.74) is 1.77. The molecule has 2 N–H and O–H groups in total. The minimum atomic E-state index is -0.699. The Morgan fingerprint density at radius 2 is 1.73 bits per heavy atom. The first-order valence-corrected chi connectivity index (χ1v) is 8.78. The van der Waals surface area contributed by atoms with Crippen molar-refractivity contribution in [3.05, 3.63) is 65.2 Å². The first-order chi connectivity index (χ1) is 12.5. The molecule has 0 aromatic heterocycles. The van der Waals surface area contributed by atoms with E-state index in [-0.39, 0.29) is 16.7 Å². The van der Waals surface area contributed by atoms with Gasteiger partial charge in [0.2, 0.25) is 5.91 Å². The van der Waals surface area contributed by atoms with E-state index in [1.807, 2.05) is 29.2 Å². The van der Waals surface area contributed by atoms with Gasteiger partial charge in [0, 0.05) is 26.1 Å². The van der Waals surface area contributed by atoms with Crippen LogP contribution in [0.4, 0.5) is 14.5 Å². The number of carbonyl (C=O) groups is 1. The molecule has 0 bridgehead atoms. The molecule has 0 spiro atoms. The highest BCUT2D eigenvalue weighted by molar-refractivity contribution is 7.80. The van der Waals surface area contributed by atoms with Crippen molar-refractivity contribution in [2.24, 2.45) is 0 Å². The fourth-order valence-electron chi connectivity index (χ4n) is 2.81. The first kappa shape index (κ1) is 18.3. The maximum atomic E-state index is 13.6. The zero-order chi connectivity index (χ0) is 18.5. The number of nitrogens with zero attached hydrogens (tertiary/aromatic N) is 1. The van der Waals surface area contributed by atoms with Crippen LogP contribution >= 0.6 is 12.2 Å². The maximum Gasteiger partial charge on any atom is 0.222 e. The van der Waals surface area contributed by atoms with E-state index in [0.717, 1.165) is 36.2 Å². The molecule has 1 aliphatic heterocycles. The Bertz CT molecular complexity index is 791. The van der Waals surface area contributed by atoms with Crippen LogP contribution in [0, 0.1) is 11.6 Å². The quantitative estimate of drug-likeness (QED) is 0.785. The van der Waals surface area contributed by atoms with Crippen molar-refractivity contribution in [3.8, 4) is 0 Å². The van der Waals surface area contributed by atoms with Gasteiger partial charge in [0.1, 0.15) is 17.3 Å². The Hall–Kier alpha value is -2.54. The molecule has 3 rings (SSSR count). The van der Waals surface area contributed by atoms with E-state index in [0.29, 0.717) is 19.5 Å². The number of anilines is 1. The van der Waals surface area contributed by atoms with Crippen molar-refractivity contribution in [3.63, 3.8) is 0 Å². The monoisotopic (exact) mass is 375 g/mol. The number of halogens is 2. The SMILES string of the molecule is O=C1CCCN1Cc1ccc(CNC(=S)Nc2c(F)cccc2F)cc1. The number of carbonyl (C=O) groups excluding carboxylic acids is 1. The van der Waals surface area contributed by atoms with E-state index >= 15 is 0 Å². The van der Waals surface area contributed by atoms with Crippen LogP contribution in [-0.2, 0) is 17.9 Å². The maximum absolute atomic E-state index is 13.6. The molecule has 0 atom stereocenters. The Balaban J connectivity index is 1.51. The summed E-state index contributed by atoms with van der Waals surface area (Å²) >= 11 is 5.09. The average molecular weight is 375 g/mol. The van der Waals surface area contributed by atoms with Gasteiger partial charge in [-0.15, -0.1) is 0 Å². The van der Waals surface area contributed by atoms with Gasteiger partial charge in [0.15, 0.2) is 5.11 Å². The molecular weight excluding hydrogens is 356 g/mol. The topological polar surface area (TPSA) is 44.4 Å². The molecule has 2 aromatic carbocycles. The Morgan fingerprint density at radius 3 is 2.35 bits per heavy atom. The van der Waals surface area contributed by atoms with Gasteiger partial charge in [-0.05, 0) is 41.9 Å². The van der Waals surface area contributed by atoms with Gasteiger partial charge in [-0.2, -0.15) is 0 Å². The van der Waals surface area contributed by atoms with Crippen LogP contribution in [0.3, 0.4) is 0 Å². The summed E-state index contributed by atoms with van der Waals surface area (Å²) in [6.07, 6.45) is 1.56. The third kappa shape index (κ3) is 4.54. The molecule has 26 heavy (non-hydrogen) atoms. The van der Waals surface area contributed by atoms with Gasteiger partial charge in [-0.25, -0.2) is 8.78 Å². The van der Waals surface area contributed by atoms with Crippen LogP contribution < -0.4 is 10.6 Å². The lowest BCUT2D eigenvalue weighted by molar-refractivity contribution is -0.128. The highest BCUT2D eigenvalue weighted by Crippen LogP contribution is 2.18. The smallest absolute Gasteiger partial charge is 0.222 e. The highest BCUT2D eigenvalue weighted by atomic mass is 32.1. The van der Waals surface area contributed by atoms with Gasteiger partial charge in [-0.1, -0.05) is 30.3 Å². The van der Waals surface area contributed by atoms with E-state index in [1.165, 1.54) is 6.07 Å². The van der Waals surface area contributed by atoms with Gasteiger partial charge < -0.3 is 15.5 Å². The molecule has 4 nitrogen and oxygen atoms in total. The van der Waals surface area contributed by atoms with Gasteiger partial charge in [-0.3, -0.25) is 4.79 Å². The lowest BCUT2D eigenvalue weighted by Crippen LogP contribution is -2.28. The van der Waals surface area contributed by atoms with Gasteiger partial charge in [0.05, 0.1) is 0 Å². The van der Waals surface area contributed by atoms with Crippen LogP contribution in [-0.4, -0.2) is 22.5 Å². The molecule has 0 radical (unpaired) electrons. The summed E-state index contributed by atoms with van der Waals surface area (Å²) in [5, 5.41) is 5.60. The van der Waals surface area contributed by atoms with E-state index in [4.69, 9.17) is 12.2 Å². The highest BCUT2D eigenvalue weighted by Gasteiger charge is 2.19. The van der Waals surface area contributed by atoms with Crippen molar-refractivity contribution in [1.29, 1.82) is 0 Å². The Morgan fingerprint density at radius 1 is 1.08 bits per heavy atom. The number of hydrogen-bond donors (Lipinski definition) is 2. The molecule has 1 heterocycles. The molecule has 7 heteroatoms. The van der Waals surface area contributed by atoms with Gasteiger partial charge in [0.25, 0.3) is 0 Å². The minimum Gasteiger partial charge on any atom is -0.358 e. The number of benzene rings is 2. The normalized spacial score (nSPS) is 13.8. The molecule has 136 valence electrons. The second kappa shape index (κ2) is 8.23. The summed E-state index contributed by atoms with van der Waals surface area (Å²) in [4.78, 5) is 13.5. The van der Waals surface area contributed by atoms with Gasteiger partial charge >= 0.3 is 0 Å². The summed E-state index contributed by atoms with van der Waals surface area (Å²) in [6, 6.07) is 11.4. The Kier molecular flexibility index (Phi) is 5.78. The van der Waals surface area contributed by atoms with Crippen molar-refractivity contribution >= 4 is 28.9 Å². The van der Waals surface area contributed by atoms with Crippen molar-refractivity contribution in [2.75, 3.05) is 11.9 Å². The standard InChI is InChI=1S/C19H19F2N3OS/c20-15-3-1-4-16(21)18(15)23-19(26)22-11-13-6-8-14(9-7-13)12-24-10-2-5-17(24)25/h1,3-4,6-9H,2,5,10-12H2,(H2,22,23,26). The van der Waals surface area contributed by atoms with Crippen LogP contribution in [0.15, 0.2) is 42.5 Å². The number of para-hydroxylation sites is 1. The zero-order valence-electron chi connectivity index (χ0n) is 14.1. The molecule has 1 saturated heterocycles. The molecule has 1 fully saturated rings. The van der Waals surface area contributed by atoms with Crippen LogP contribution in [0.25, 0.3) is 0 Å².